The number of nitrogens with zero attached hydrogens (tertiary/aromatic N) is 1. The van der Waals surface area contributed by atoms with Crippen molar-refractivity contribution in [1.82, 2.24) is 9.62 Å². The van der Waals surface area contributed by atoms with Crippen molar-refractivity contribution in [1.29, 1.82) is 0 Å². The Balaban J connectivity index is 1.60. The number of hydrogen-bond donors (Lipinski definition) is 2. The summed E-state index contributed by atoms with van der Waals surface area (Å²) in [6, 6.07) is 10.6. The molecule has 2 aromatic rings. The summed E-state index contributed by atoms with van der Waals surface area (Å²) < 4.78 is 37.3. The normalized spacial score (nSPS) is 18.7. The van der Waals surface area contributed by atoms with Crippen LogP contribution in [0.1, 0.15) is 23.1 Å². The second-order valence-electron chi connectivity index (χ2n) is 7.96. The maximum absolute atomic E-state index is 13.1. The summed E-state index contributed by atoms with van der Waals surface area (Å²) in [6.45, 7) is 3.11. The minimum absolute atomic E-state index is 0.0368. The molecule has 0 saturated carbocycles. The third-order valence-electron chi connectivity index (χ3n) is 5.58. The van der Waals surface area contributed by atoms with E-state index in [-0.39, 0.29) is 24.4 Å². The van der Waals surface area contributed by atoms with Crippen molar-refractivity contribution < 1.29 is 32.6 Å². The minimum atomic E-state index is -4.03. The third kappa shape index (κ3) is 5.89. The number of methoxy groups -OCH3 is 1. The van der Waals surface area contributed by atoms with Gasteiger partial charge in [0.1, 0.15) is 11.8 Å². The molecule has 1 heterocycles. The van der Waals surface area contributed by atoms with Crippen molar-refractivity contribution >= 4 is 21.9 Å². The summed E-state index contributed by atoms with van der Waals surface area (Å²) >= 11 is 0. The van der Waals surface area contributed by atoms with E-state index in [1.54, 1.807) is 44.4 Å². The highest BCUT2D eigenvalue weighted by Crippen LogP contribution is 2.28. The monoisotopic (exact) mass is 476 g/mol. The molecule has 9 nitrogen and oxygen atoms in total. The number of aliphatic hydroxyl groups is 1. The minimum Gasteiger partial charge on any atom is -0.497 e. The molecule has 3 rings (SSSR count). The number of aliphatic hydroxyl groups excluding tert-OH is 1. The Morgan fingerprint density at radius 2 is 1.82 bits per heavy atom. The molecule has 2 unspecified atom stereocenters. The van der Waals surface area contributed by atoms with E-state index < -0.39 is 40.7 Å². The molecule has 2 N–H and O–H groups in total. The number of β-amino-alcohol motifs (C(OH)–C–C–N with tert-alkyl or cyclic N) is 1. The van der Waals surface area contributed by atoms with Crippen LogP contribution in [-0.4, -0.2) is 62.1 Å². The lowest BCUT2D eigenvalue weighted by Crippen LogP contribution is -2.42. The van der Waals surface area contributed by atoms with E-state index in [1.807, 2.05) is 6.92 Å². The quantitative estimate of drug-likeness (QED) is 0.551. The summed E-state index contributed by atoms with van der Waals surface area (Å²) in [5.74, 6) is -0.710. The van der Waals surface area contributed by atoms with Gasteiger partial charge in [-0.1, -0.05) is 18.2 Å². The van der Waals surface area contributed by atoms with Crippen molar-refractivity contribution in [3.05, 3.63) is 59.2 Å². The fourth-order valence-corrected chi connectivity index (χ4v) is 5.21. The summed E-state index contributed by atoms with van der Waals surface area (Å²) in [6.07, 6.45) is -1.11. The summed E-state index contributed by atoms with van der Waals surface area (Å²) in [5, 5.41) is 12.7. The Bertz CT molecular complexity index is 1120. The molecule has 33 heavy (non-hydrogen) atoms. The van der Waals surface area contributed by atoms with Crippen molar-refractivity contribution in [3.8, 4) is 5.75 Å². The molecule has 1 aliphatic heterocycles. The van der Waals surface area contributed by atoms with E-state index in [1.165, 1.54) is 12.1 Å². The van der Waals surface area contributed by atoms with Crippen LogP contribution in [-0.2, 0) is 30.9 Å². The van der Waals surface area contributed by atoms with Crippen molar-refractivity contribution in [2.24, 2.45) is 0 Å². The molecule has 0 aromatic heterocycles. The van der Waals surface area contributed by atoms with Gasteiger partial charge in [0.15, 0.2) is 6.61 Å². The molecule has 1 aliphatic rings. The van der Waals surface area contributed by atoms with Gasteiger partial charge >= 0.3 is 5.97 Å². The van der Waals surface area contributed by atoms with Gasteiger partial charge in [-0.2, -0.15) is 4.31 Å². The average molecular weight is 477 g/mol. The highest BCUT2D eigenvalue weighted by atomic mass is 32.2. The van der Waals surface area contributed by atoms with Crippen LogP contribution in [0.25, 0.3) is 0 Å². The standard InChI is InChI=1S/C23H28N2O7S/c1-15-4-9-20(10-16(15)2)33(29,30)25-13-18(26)11-21(25)23(28)32-14-22(27)24-12-17-5-7-19(31-3)8-6-17/h4-10,18,21,26H,11-14H2,1-3H3,(H,24,27). The Morgan fingerprint density at radius 1 is 1.12 bits per heavy atom. The summed E-state index contributed by atoms with van der Waals surface area (Å²) in [7, 11) is -2.48. The van der Waals surface area contributed by atoms with Crippen LogP contribution in [0.4, 0.5) is 0 Å². The zero-order chi connectivity index (χ0) is 24.2. The maximum atomic E-state index is 13.1. The first kappa shape index (κ1) is 24.7. The van der Waals surface area contributed by atoms with Crippen molar-refractivity contribution in [3.63, 3.8) is 0 Å². The van der Waals surface area contributed by atoms with Gasteiger partial charge < -0.3 is 19.9 Å². The Kier molecular flexibility index (Phi) is 7.72. The van der Waals surface area contributed by atoms with Crippen molar-refractivity contribution in [2.45, 2.75) is 43.9 Å². The fraction of sp³-hybridized carbons (Fsp3) is 0.391. The average Bonchev–Trinajstić information content (AvgIpc) is 3.20. The van der Waals surface area contributed by atoms with E-state index in [0.717, 1.165) is 21.0 Å². The zero-order valence-corrected chi connectivity index (χ0v) is 19.6. The first-order chi connectivity index (χ1) is 15.6. The van der Waals surface area contributed by atoms with Crippen LogP contribution < -0.4 is 10.1 Å². The number of rotatable bonds is 8. The number of carbonyl (C=O) groups excluding carboxylic acids is 2. The Hall–Kier alpha value is -2.95. The van der Waals surface area contributed by atoms with Gasteiger partial charge in [-0.15, -0.1) is 0 Å². The number of benzene rings is 2. The van der Waals surface area contributed by atoms with Gasteiger partial charge in [-0.25, -0.2) is 8.42 Å². The van der Waals surface area contributed by atoms with E-state index in [0.29, 0.717) is 5.75 Å². The van der Waals surface area contributed by atoms with E-state index in [9.17, 15) is 23.1 Å². The molecule has 2 atom stereocenters. The van der Waals surface area contributed by atoms with Crippen LogP contribution in [0.2, 0.25) is 0 Å². The van der Waals surface area contributed by atoms with Crippen LogP contribution in [0, 0.1) is 13.8 Å². The number of carbonyl (C=O) groups is 2. The molecule has 1 saturated heterocycles. The highest BCUT2D eigenvalue weighted by molar-refractivity contribution is 7.89. The topological polar surface area (TPSA) is 122 Å². The molecule has 0 aliphatic carbocycles. The van der Waals surface area contributed by atoms with E-state index in [2.05, 4.69) is 5.32 Å². The number of esters is 1. The number of amides is 1. The number of hydrogen-bond acceptors (Lipinski definition) is 7. The first-order valence-corrected chi connectivity index (χ1v) is 11.9. The smallest absolute Gasteiger partial charge is 0.325 e. The SMILES string of the molecule is COc1ccc(CNC(=O)COC(=O)C2CC(O)CN2S(=O)(=O)c2ccc(C)c(C)c2)cc1. The van der Waals surface area contributed by atoms with Crippen LogP contribution in [0.3, 0.4) is 0 Å². The third-order valence-corrected chi connectivity index (χ3v) is 7.46. The molecule has 2 aromatic carbocycles. The Morgan fingerprint density at radius 3 is 2.45 bits per heavy atom. The van der Waals surface area contributed by atoms with Crippen molar-refractivity contribution in [2.75, 3.05) is 20.3 Å². The second kappa shape index (κ2) is 10.3. The number of nitrogens with one attached hydrogen (secondary N) is 1. The molecule has 0 bridgehead atoms. The summed E-state index contributed by atoms with van der Waals surface area (Å²) in [4.78, 5) is 24.8. The first-order valence-electron chi connectivity index (χ1n) is 10.4. The molecule has 10 heteroatoms. The predicted molar refractivity (Wildman–Crippen MR) is 120 cm³/mol. The number of sulfonamides is 1. The fourth-order valence-electron chi connectivity index (χ4n) is 3.50. The second-order valence-corrected chi connectivity index (χ2v) is 9.85. The lowest BCUT2D eigenvalue weighted by Gasteiger charge is -2.22. The lowest BCUT2D eigenvalue weighted by atomic mass is 10.1. The number of ether oxygens (including phenoxy) is 2. The van der Waals surface area contributed by atoms with Gasteiger partial charge in [0, 0.05) is 19.5 Å². The van der Waals surface area contributed by atoms with Gasteiger partial charge in [-0.3, -0.25) is 9.59 Å². The predicted octanol–water partition coefficient (Wildman–Crippen LogP) is 1.30. The maximum Gasteiger partial charge on any atom is 0.325 e. The van der Waals surface area contributed by atoms with Crippen LogP contribution in [0.15, 0.2) is 47.4 Å². The van der Waals surface area contributed by atoms with Crippen LogP contribution in [0.5, 0.6) is 5.75 Å². The highest BCUT2D eigenvalue weighted by Gasteiger charge is 2.44. The van der Waals surface area contributed by atoms with Crippen LogP contribution >= 0.6 is 0 Å². The molecule has 178 valence electrons. The molecule has 1 amide bonds. The van der Waals surface area contributed by atoms with E-state index in [4.69, 9.17) is 9.47 Å². The molecule has 0 spiro atoms. The molecule has 0 radical (unpaired) electrons. The number of aryl methyl sites for hydroxylation is 2. The van der Waals surface area contributed by atoms with Gasteiger partial charge in [0.25, 0.3) is 5.91 Å². The molecular weight excluding hydrogens is 448 g/mol. The molecular formula is C23H28N2O7S. The van der Waals surface area contributed by atoms with Gasteiger partial charge in [-0.05, 0) is 54.8 Å². The lowest BCUT2D eigenvalue weighted by molar-refractivity contribution is -0.151. The van der Waals surface area contributed by atoms with Gasteiger partial charge in [0.05, 0.1) is 18.1 Å². The Labute approximate surface area is 193 Å². The van der Waals surface area contributed by atoms with Gasteiger partial charge in [0.2, 0.25) is 10.0 Å². The largest absolute Gasteiger partial charge is 0.497 e. The zero-order valence-electron chi connectivity index (χ0n) is 18.8. The van der Waals surface area contributed by atoms with E-state index >= 15 is 0 Å². The molecule has 1 fully saturated rings. The summed E-state index contributed by atoms with van der Waals surface area (Å²) in [5.41, 5.74) is 2.57.